The highest BCUT2D eigenvalue weighted by Crippen LogP contribution is 2.25. The third-order valence-electron chi connectivity index (χ3n) is 2.78. The Labute approximate surface area is 124 Å². The highest BCUT2D eigenvalue weighted by molar-refractivity contribution is 7.91. The number of alkyl halides is 3. The van der Waals surface area contributed by atoms with Gasteiger partial charge in [0.1, 0.15) is 0 Å². The first-order valence-corrected chi connectivity index (χ1v) is 8.53. The lowest BCUT2D eigenvalue weighted by Gasteiger charge is -2.07. The molecule has 1 aromatic heterocycles. The van der Waals surface area contributed by atoms with E-state index in [0.29, 0.717) is 0 Å². The maximum absolute atomic E-state index is 12.1. The van der Waals surface area contributed by atoms with Crippen LogP contribution in [0.15, 0.2) is 34.5 Å². The molecule has 8 heteroatoms. The van der Waals surface area contributed by atoms with Gasteiger partial charge in [-0.1, -0.05) is 12.1 Å². The number of sulfone groups is 1. The van der Waals surface area contributed by atoms with Gasteiger partial charge in [-0.25, -0.2) is 13.4 Å². The van der Waals surface area contributed by atoms with Crippen molar-refractivity contribution in [1.29, 1.82) is 0 Å². The average Bonchev–Trinajstić information content (AvgIpc) is 2.83. The van der Waals surface area contributed by atoms with E-state index >= 15 is 0 Å². The van der Waals surface area contributed by atoms with E-state index in [2.05, 4.69) is 4.98 Å². The molecular weight excluding hydrogens is 323 g/mol. The molecule has 0 amide bonds. The van der Waals surface area contributed by atoms with Crippen LogP contribution in [0.1, 0.15) is 11.4 Å². The Kier molecular flexibility index (Phi) is 4.38. The minimum Gasteiger partial charge on any atom is -0.242 e. The molecule has 2 rings (SSSR count). The molecule has 0 saturated carbocycles. The van der Waals surface area contributed by atoms with Crippen LogP contribution in [-0.2, 0) is 9.84 Å². The Morgan fingerprint density at radius 3 is 2.29 bits per heavy atom. The Hall–Kier alpha value is -1.41. The lowest BCUT2D eigenvalue weighted by atomic mass is 10.2. The number of rotatable bonds is 4. The Balaban J connectivity index is 2.18. The van der Waals surface area contributed by atoms with Gasteiger partial charge in [0.05, 0.1) is 27.8 Å². The van der Waals surface area contributed by atoms with E-state index in [1.54, 1.807) is 12.1 Å². The van der Waals surface area contributed by atoms with Crippen LogP contribution in [0, 0.1) is 6.92 Å². The molecular formula is C13H12F3NO2S2. The SMILES string of the molecule is Cc1nc(-c2ccc(S(=O)(=O)CCC(F)(F)F)cc2)cs1. The van der Waals surface area contributed by atoms with Crippen molar-refractivity contribution in [2.24, 2.45) is 0 Å². The zero-order chi connectivity index (χ0) is 15.7. The number of halogens is 3. The molecule has 0 atom stereocenters. The molecule has 1 aromatic carbocycles. The predicted octanol–water partition coefficient (Wildman–Crippen LogP) is 3.84. The molecule has 3 nitrogen and oxygen atoms in total. The van der Waals surface area contributed by atoms with Gasteiger partial charge in [0.15, 0.2) is 9.84 Å². The molecule has 21 heavy (non-hydrogen) atoms. The van der Waals surface area contributed by atoms with Gasteiger partial charge in [-0.3, -0.25) is 0 Å². The molecule has 0 aliphatic heterocycles. The van der Waals surface area contributed by atoms with Gasteiger partial charge in [0.2, 0.25) is 0 Å². The summed E-state index contributed by atoms with van der Waals surface area (Å²) in [6.07, 6.45) is -5.83. The Morgan fingerprint density at radius 2 is 1.81 bits per heavy atom. The first kappa shape index (κ1) is 16.0. The van der Waals surface area contributed by atoms with Crippen molar-refractivity contribution in [1.82, 2.24) is 4.98 Å². The van der Waals surface area contributed by atoms with Crippen LogP contribution in [0.25, 0.3) is 11.3 Å². The summed E-state index contributed by atoms with van der Waals surface area (Å²) in [6.45, 7) is 1.85. The average molecular weight is 335 g/mol. The molecule has 0 radical (unpaired) electrons. The van der Waals surface area contributed by atoms with E-state index in [9.17, 15) is 21.6 Å². The molecule has 0 bridgehead atoms. The summed E-state index contributed by atoms with van der Waals surface area (Å²) in [5.41, 5.74) is 1.45. The van der Waals surface area contributed by atoms with Gasteiger partial charge in [-0.15, -0.1) is 11.3 Å². The maximum Gasteiger partial charge on any atom is 0.390 e. The van der Waals surface area contributed by atoms with Crippen LogP contribution in [0.5, 0.6) is 0 Å². The highest BCUT2D eigenvalue weighted by atomic mass is 32.2. The molecule has 1 heterocycles. The Bertz CT molecular complexity index is 719. The first-order chi connectivity index (χ1) is 9.67. The largest absolute Gasteiger partial charge is 0.390 e. The minimum atomic E-state index is -4.48. The van der Waals surface area contributed by atoms with E-state index in [4.69, 9.17) is 0 Å². The second-order valence-corrected chi connectivity index (χ2v) is 7.63. The first-order valence-electron chi connectivity index (χ1n) is 5.99. The predicted molar refractivity (Wildman–Crippen MR) is 75.0 cm³/mol. The summed E-state index contributed by atoms with van der Waals surface area (Å²) < 4.78 is 60.0. The van der Waals surface area contributed by atoms with Gasteiger partial charge in [0, 0.05) is 10.9 Å². The number of nitrogens with zero attached hydrogens (tertiary/aromatic N) is 1. The van der Waals surface area contributed by atoms with Crippen molar-refractivity contribution in [3.8, 4) is 11.3 Å². The van der Waals surface area contributed by atoms with Crippen LogP contribution in [-0.4, -0.2) is 25.3 Å². The lowest BCUT2D eigenvalue weighted by Crippen LogP contribution is -2.16. The zero-order valence-corrected chi connectivity index (χ0v) is 12.6. The van der Waals surface area contributed by atoms with Crippen LogP contribution in [0.3, 0.4) is 0 Å². The number of benzene rings is 1. The lowest BCUT2D eigenvalue weighted by molar-refractivity contribution is -0.129. The van der Waals surface area contributed by atoms with Crippen molar-refractivity contribution in [2.45, 2.75) is 24.4 Å². The maximum atomic E-state index is 12.1. The summed E-state index contributed by atoms with van der Waals surface area (Å²) in [7, 11) is -3.93. The number of thiazole rings is 1. The van der Waals surface area contributed by atoms with E-state index < -0.39 is 28.2 Å². The van der Waals surface area contributed by atoms with Crippen molar-refractivity contribution < 1.29 is 21.6 Å². The van der Waals surface area contributed by atoms with Crippen molar-refractivity contribution in [2.75, 3.05) is 5.75 Å². The summed E-state index contributed by atoms with van der Waals surface area (Å²) in [4.78, 5) is 4.15. The zero-order valence-electron chi connectivity index (χ0n) is 11.0. The third-order valence-corrected chi connectivity index (χ3v) is 5.29. The molecule has 0 spiro atoms. The van der Waals surface area contributed by atoms with E-state index in [0.717, 1.165) is 16.3 Å². The van der Waals surface area contributed by atoms with Crippen LogP contribution in [0.2, 0.25) is 0 Å². The fraction of sp³-hybridized carbons (Fsp3) is 0.308. The summed E-state index contributed by atoms with van der Waals surface area (Å²) in [5.74, 6) is -0.939. The van der Waals surface area contributed by atoms with Crippen molar-refractivity contribution in [3.63, 3.8) is 0 Å². The Morgan fingerprint density at radius 1 is 1.19 bits per heavy atom. The van der Waals surface area contributed by atoms with Gasteiger partial charge >= 0.3 is 6.18 Å². The van der Waals surface area contributed by atoms with E-state index in [1.807, 2.05) is 12.3 Å². The molecule has 2 aromatic rings. The second-order valence-electron chi connectivity index (χ2n) is 4.46. The van der Waals surface area contributed by atoms with Gasteiger partial charge in [0.25, 0.3) is 0 Å². The number of aryl methyl sites for hydroxylation is 1. The summed E-state index contributed by atoms with van der Waals surface area (Å²) in [5, 5.41) is 2.72. The normalized spacial score (nSPS) is 12.6. The molecule has 0 saturated heterocycles. The molecule has 0 aliphatic carbocycles. The monoisotopic (exact) mass is 335 g/mol. The van der Waals surface area contributed by atoms with Gasteiger partial charge in [-0.05, 0) is 19.1 Å². The molecule has 0 unspecified atom stereocenters. The van der Waals surface area contributed by atoms with Crippen LogP contribution < -0.4 is 0 Å². The number of hydrogen-bond acceptors (Lipinski definition) is 4. The van der Waals surface area contributed by atoms with Crippen molar-refractivity contribution in [3.05, 3.63) is 34.7 Å². The summed E-state index contributed by atoms with van der Waals surface area (Å²) >= 11 is 1.47. The fourth-order valence-corrected chi connectivity index (χ4v) is 3.61. The standard InChI is InChI=1S/C13H12F3NO2S2/c1-9-17-12(8-20-9)10-2-4-11(5-3-10)21(18,19)7-6-13(14,15)16/h2-5,8H,6-7H2,1H3. The molecule has 0 N–H and O–H groups in total. The van der Waals surface area contributed by atoms with Gasteiger partial charge < -0.3 is 0 Å². The highest BCUT2D eigenvalue weighted by Gasteiger charge is 2.30. The summed E-state index contributed by atoms with van der Waals surface area (Å²) in [6, 6.07) is 5.73. The number of hydrogen-bond donors (Lipinski definition) is 0. The van der Waals surface area contributed by atoms with E-state index in [-0.39, 0.29) is 4.90 Å². The third kappa shape index (κ3) is 4.28. The quantitative estimate of drug-likeness (QED) is 0.853. The van der Waals surface area contributed by atoms with Crippen LogP contribution in [0.4, 0.5) is 13.2 Å². The van der Waals surface area contributed by atoms with Gasteiger partial charge in [-0.2, -0.15) is 13.2 Å². The molecule has 0 fully saturated rings. The van der Waals surface area contributed by atoms with Crippen LogP contribution >= 0.6 is 11.3 Å². The minimum absolute atomic E-state index is 0.109. The molecule has 0 aliphatic rings. The fourth-order valence-electron chi connectivity index (χ4n) is 1.70. The number of aromatic nitrogens is 1. The van der Waals surface area contributed by atoms with E-state index in [1.165, 1.54) is 23.5 Å². The smallest absolute Gasteiger partial charge is 0.242 e. The van der Waals surface area contributed by atoms with Crippen molar-refractivity contribution >= 4 is 21.2 Å². The second kappa shape index (κ2) is 5.76. The molecule has 114 valence electrons. The topological polar surface area (TPSA) is 47.0 Å².